The van der Waals surface area contributed by atoms with Crippen LogP contribution in [0.2, 0.25) is 0 Å². The van der Waals surface area contributed by atoms with Gasteiger partial charge in [-0.15, -0.1) is 0 Å². The summed E-state index contributed by atoms with van der Waals surface area (Å²) in [6, 6.07) is 8.86. The molecule has 0 saturated heterocycles. The standard InChI is InChI=1S/C18H31N/c1-3-5-6-7-8-9-10-15-18(19)17-14-12-11-13-16(17)4-2/h11-14,18H,3-10,15,19H2,1-2H3. The van der Waals surface area contributed by atoms with E-state index in [4.69, 9.17) is 5.73 Å². The molecule has 0 bridgehead atoms. The van der Waals surface area contributed by atoms with Gasteiger partial charge in [-0.2, -0.15) is 0 Å². The van der Waals surface area contributed by atoms with E-state index in [1.807, 2.05) is 0 Å². The van der Waals surface area contributed by atoms with Crippen molar-refractivity contribution >= 4 is 0 Å². The molecular formula is C18H31N. The predicted molar refractivity (Wildman–Crippen MR) is 85.4 cm³/mol. The fourth-order valence-corrected chi connectivity index (χ4v) is 2.69. The second kappa shape index (κ2) is 10.0. The lowest BCUT2D eigenvalue weighted by atomic mass is 9.95. The van der Waals surface area contributed by atoms with Crippen LogP contribution >= 0.6 is 0 Å². The van der Waals surface area contributed by atoms with Gasteiger partial charge in [-0.1, -0.05) is 83.1 Å². The Morgan fingerprint density at radius 3 is 2.21 bits per heavy atom. The van der Waals surface area contributed by atoms with Crippen LogP contribution in [0.5, 0.6) is 0 Å². The average Bonchev–Trinajstić information content (AvgIpc) is 2.46. The molecule has 0 radical (unpaired) electrons. The van der Waals surface area contributed by atoms with E-state index in [1.165, 1.54) is 56.1 Å². The van der Waals surface area contributed by atoms with E-state index < -0.39 is 0 Å². The van der Waals surface area contributed by atoms with Gasteiger partial charge in [0.2, 0.25) is 0 Å². The second-order valence-corrected chi connectivity index (χ2v) is 5.57. The first-order chi connectivity index (χ1) is 9.29. The lowest BCUT2D eigenvalue weighted by Crippen LogP contribution is -2.12. The first-order valence-corrected chi connectivity index (χ1v) is 8.13. The maximum atomic E-state index is 6.33. The Morgan fingerprint density at radius 1 is 0.895 bits per heavy atom. The molecule has 1 aromatic carbocycles. The molecule has 1 atom stereocenters. The molecule has 19 heavy (non-hydrogen) atoms. The van der Waals surface area contributed by atoms with Crippen LogP contribution in [0.25, 0.3) is 0 Å². The number of hydrogen-bond acceptors (Lipinski definition) is 1. The summed E-state index contributed by atoms with van der Waals surface area (Å²) in [7, 11) is 0. The minimum atomic E-state index is 0.229. The molecule has 1 unspecified atom stereocenters. The first-order valence-electron chi connectivity index (χ1n) is 8.13. The largest absolute Gasteiger partial charge is 0.324 e. The highest BCUT2D eigenvalue weighted by molar-refractivity contribution is 5.29. The zero-order chi connectivity index (χ0) is 13.9. The van der Waals surface area contributed by atoms with Crippen LogP contribution in [0.1, 0.15) is 82.4 Å². The third-order valence-corrected chi connectivity index (χ3v) is 3.95. The molecule has 0 spiro atoms. The Hall–Kier alpha value is -0.820. The van der Waals surface area contributed by atoms with Crippen LogP contribution in [0.4, 0.5) is 0 Å². The molecule has 0 saturated carbocycles. The summed E-state index contributed by atoms with van der Waals surface area (Å²) in [5, 5.41) is 0. The average molecular weight is 261 g/mol. The number of aryl methyl sites for hydroxylation is 1. The Morgan fingerprint density at radius 2 is 1.53 bits per heavy atom. The maximum Gasteiger partial charge on any atom is 0.0297 e. The lowest BCUT2D eigenvalue weighted by Gasteiger charge is -2.15. The van der Waals surface area contributed by atoms with Crippen LogP contribution in [0, 0.1) is 0 Å². The number of benzene rings is 1. The molecule has 0 heterocycles. The molecule has 0 aliphatic heterocycles. The van der Waals surface area contributed by atoms with Crippen LogP contribution < -0.4 is 5.73 Å². The van der Waals surface area contributed by atoms with E-state index in [0.717, 1.165) is 12.8 Å². The highest BCUT2D eigenvalue weighted by atomic mass is 14.6. The topological polar surface area (TPSA) is 26.0 Å². The fourth-order valence-electron chi connectivity index (χ4n) is 2.69. The zero-order valence-electron chi connectivity index (χ0n) is 12.8. The monoisotopic (exact) mass is 261 g/mol. The van der Waals surface area contributed by atoms with Crippen molar-refractivity contribution in [3.63, 3.8) is 0 Å². The molecule has 1 nitrogen and oxygen atoms in total. The van der Waals surface area contributed by atoms with E-state index in [9.17, 15) is 0 Å². The summed E-state index contributed by atoms with van der Waals surface area (Å²) < 4.78 is 0. The van der Waals surface area contributed by atoms with Gasteiger partial charge in [-0.25, -0.2) is 0 Å². The predicted octanol–water partition coefficient (Wildman–Crippen LogP) is 5.39. The van der Waals surface area contributed by atoms with Crippen molar-refractivity contribution in [3.8, 4) is 0 Å². The van der Waals surface area contributed by atoms with Gasteiger partial charge in [-0.3, -0.25) is 0 Å². The maximum absolute atomic E-state index is 6.33. The van der Waals surface area contributed by atoms with Crippen LogP contribution in [-0.2, 0) is 6.42 Å². The number of hydrogen-bond donors (Lipinski definition) is 1. The molecule has 0 aliphatic rings. The number of nitrogens with two attached hydrogens (primary N) is 1. The van der Waals surface area contributed by atoms with E-state index in [1.54, 1.807) is 0 Å². The molecular weight excluding hydrogens is 230 g/mol. The van der Waals surface area contributed by atoms with Gasteiger partial charge in [-0.05, 0) is 24.0 Å². The first kappa shape index (κ1) is 16.2. The summed E-state index contributed by atoms with van der Waals surface area (Å²) >= 11 is 0. The van der Waals surface area contributed by atoms with Gasteiger partial charge < -0.3 is 5.73 Å². The van der Waals surface area contributed by atoms with Crippen LogP contribution in [0.15, 0.2) is 24.3 Å². The SMILES string of the molecule is CCCCCCCCCC(N)c1ccccc1CC. The molecule has 108 valence electrons. The smallest absolute Gasteiger partial charge is 0.0297 e. The molecule has 2 N–H and O–H groups in total. The van der Waals surface area contributed by atoms with Crippen molar-refractivity contribution in [2.75, 3.05) is 0 Å². The zero-order valence-corrected chi connectivity index (χ0v) is 12.8. The van der Waals surface area contributed by atoms with Crippen molar-refractivity contribution < 1.29 is 0 Å². The van der Waals surface area contributed by atoms with E-state index in [2.05, 4.69) is 38.1 Å². The van der Waals surface area contributed by atoms with E-state index in [-0.39, 0.29) is 6.04 Å². The minimum Gasteiger partial charge on any atom is -0.324 e. The van der Waals surface area contributed by atoms with Gasteiger partial charge in [0.15, 0.2) is 0 Å². The van der Waals surface area contributed by atoms with Gasteiger partial charge in [0.05, 0.1) is 0 Å². The van der Waals surface area contributed by atoms with Gasteiger partial charge in [0.1, 0.15) is 0 Å². The highest BCUT2D eigenvalue weighted by Gasteiger charge is 2.08. The van der Waals surface area contributed by atoms with Crippen molar-refractivity contribution in [1.82, 2.24) is 0 Å². The van der Waals surface area contributed by atoms with Crippen LogP contribution in [0.3, 0.4) is 0 Å². The van der Waals surface area contributed by atoms with Crippen LogP contribution in [-0.4, -0.2) is 0 Å². The lowest BCUT2D eigenvalue weighted by molar-refractivity contribution is 0.539. The molecule has 0 amide bonds. The fraction of sp³-hybridized carbons (Fsp3) is 0.667. The number of unbranched alkanes of at least 4 members (excludes halogenated alkanes) is 6. The molecule has 0 aliphatic carbocycles. The molecule has 1 aromatic rings. The Kier molecular flexibility index (Phi) is 8.57. The van der Waals surface area contributed by atoms with E-state index in [0.29, 0.717) is 0 Å². The van der Waals surface area contributed by atoms with Crippen molar-refractivity contribution in [2.24, 2.45) is 5.73 Å². The highest BCUT2D eigenvalue weighted by Crippen LogP contribution is 2.22. The second-order valence-electron chi connectivity index (χ2n) is 5.57. The van der Waals surface area contributed by atoms with Crippen molar-refractivity contribution in [2.45, 2.75) is 77.7 Å². The molecule has 1 rings (SSSR count). The summed E-state index contributed by atoms with van der Waals surface area (Å²) in [6.45, 7) is 4.48. The van der Waals surface area contributed by atoms with Crippen molar-refractivity contribution in [3.05, 3.63) is 35.4 Å². The number of rotatable bonds is 10. The Bertz CT molecular complexity index is 332. The minimum absolute atomic E-state index is 0.229. The summed E-state index contributed by atoms with van der Waals surface area (Å²) in [6.07, 6.45) is 11.7. The third kappa shape index (κ3) is 6.24. The molecule has 1 heteroatoms. The van der Waals surface area contributed by atoms with Gasteiger partial charge in [0, 0.05) is 6.04 Å². The normalized spacial score (nSPS) is 12.6. The van der Waals surface area contributed by atoms with E-state index >= 15 is 0 Å². The summed E-state index contributed by atoms with van der Waals surface area (Å²) in [4.78, 5) is 0. The van der Waals surface area contributed by atoms with Crippen molar-refractivity contribution in [1.29, 1.82) is 0 Å². The summed E-state index contributed by atoms with van der Waals surface area (Å²) in [5.74, 6) is 0. The van der Waals surface area contributed by atoms with Gasteiger partial charge in [0.25, 0.3) is 0 Å². The Balaban J connectivity index is 2.22. The summed E-state index contributed by atoms with van der Waals surface area (Å²) in [5.41, 5.74) is 9.11. The Labute approximate surface area is 119 Å². The molecule has 0 aromatic heterocycles. The van der Waals surface area contributed by atoms with Gasteiger partial charge >= 0.3 is 0 Å². The molecule has 0 fully saturated rings. The third-order valence-electron chi connectivity index (χ3n) is 3.95. The quantitative estimate of drug-likeness (QED) is 0.561.